The molecule has 0 aromatic rings. The van der Waals surface area contributed by atoms with E-state index in [1.807, 2.05) is 10.8 Å². The van der Waals surface area contributed by atoms with E-state index in [0.717, 1.165) is 25.0 Å². The van der Waals surface area contributed by atoms with E-state index < -0.39 is 0 Å². The van der Waals surface area contributed by atoms with Crippen molar-refractivity contribution in [2.75, 3.05) is 12.0 Å². The molecule has 0 fully saturated rings. The molecule has 0 spiro atoms. The van der Waals surface area contributed by atoms with E-state index in [1.165, 1.54) is 0 Å². The molecule has 14 heavy (non-hydrogen) atoms. The van der Waals surface area contributed by atoms with Crippen molar-refractivity contribution in [3.05, 3.63) is 0 Å². The monoisotopic (exact) mass is 274 g/mol. The zero-order valence-corrected chi connectivity index (χ0v) is 12.3. The molecule has 0 aliphatic rings. The summed E-state index contributed by atoms with van der Waals surface area (Å²) in [4.78, 5) is 0. The van der Waals surface area contributed by atoms with E-state index in [4.69, 9.17) is 23.2 Å². The van der Waals surface area contributed by atoms with Gasteiger partial charge in [-0.1, -0.05) is 35.4 Å². The second kappa shape index (κ2) is 9.50. The zero-order valence-electron chi connectivity index (χ0n) is 9.13. The molecule has 0 bridgehead atoms. The summed E-state index contributed by atoms with van der Waals surface area (Å²) in [5.74, 6) is 1.79. The van der Waals surface area contributed by atoms with Gasteiger partial charge in [0.05, 0.1) is 0 Å². The van der Waals surface area contributed by atoms with Gasteiger partial charge in [-0.3, -0.25) is 0 Å². The molecule has 4 heteroatoms. The maximum atomic E-state index is 6.19. The summed E-state index contributed by atoms with van der Waals surface area (Å²) in [7, 11) is 3.66. The van der Waals surface area contributed by atoms with Gasteiger partial charge in [0.2, 0.25) is 0 Å². The summed E-state index contributed by atoms with van der Waals surface area (Å²) >= 11 is 12.4. The Morgan fingerprint density at radius 3 is 2.21 bits per heavy atom. The molecular formula is C10H20Cl2S2. The third kappa shape index (κ3) is 9.82. The van der Waals surface area contributed by atoms with Crippen LogP contribution >= 0.6 is 44.8 Å². The quantitative estimate of drug-likeness (QED) is 0.346. The second-order valence-electron chi connectivity index (χ2n) is 3.84. The van der Waals surface area contributed by atoms with Crippen molar-refractivity contribution in [2.24, 2.45) is 5.92 Å². The molecule has 0 aliphatic heterocycles. The highest BCUT2D eigenvalue weighted by Crippen LogP contribution is 2.24. The lowest BCUT2D eigenvalue weighted by Gasteiger charge is -2.15. The van der Waals surface area contributed by atoms with Crippen molar-refractivity contribution in [3.63, 3.8) is 0 Å². The van der Waals surface area contributed by atoms with Crippen molar-refractivity contribution >= 4 is 44.8 Å². The van der Waals surface area contributed by atoms with Gasteiger partial charge in [0, 0.05) is 16.5 Å². The Morgan fingerprint density at radius 1 is 1.07 bits per heavy atom. The van der Waals surface area contributed by atoms with Gasteiger partial charge in [-0.15, -0.1) is 23.2 Å². The summed E-state index contributed by atoms with van der Waals surface area (Å²) in [6.07, 6.45) is 5.17. The van der Waals surface area contributed by atoms with Crippen LogP contribution in [-0.2, 0) is 0 Å². The third-order valence-electron chi connectivity index (χ3n) is 1.87. The largest absolute Gasteiger partial charge is 0.123 e. The SMILES string of the molecule is CSSCCC(Cl)CC(Cl)CC(C)C. The highest BCUT2D eigenvalue weighted by molar-refractivity contribution is 8.76. The van der Waals surface area contributed by atoms with Crippen LogP contribution in [0.15, 0.2) is 0 Å². The lowest BCUT2D eigenvalue weighted by Crippen LogP contribution is -2.11. The predicted molar refractivity (Wildman–Crippen MR) is 73.9 cm³/mol. The number of hydrogen-bond donors (Lipinski definition) is 0. The smallest absolute Gasteiger partial charge is 0.0358 e. The lowest BCUT2D eigenvalue weighted by atomic mass is 10.0. The molecule has 0 heterocycles. The van der Waals surface area contributed by atoms with Crippen LogP contribution in [-0.4, -0.2) is 22.8 Å². The number of alkyl halides is 2. The van der Waals surface area contributed by atoms with Crippen molar-refractivity contribution in [3.8, 4) is 0 Å². The molecule has 0 nitrogen and oxygen atoms in total. The Kier molecular flexibility index (Phi) is 10.4. The van der Waals surface area contributed by atoms with Gasteiger partial charge in [0.1, 0.15) is 0 Å². The molecule has 86 valence electrons. The van der Waals surface area contributed by atoms with Crippen LogP contribution in [0.1, 0.15) is 33.1 Å². The first kappa shape index (κ1) is 15.3. The van der Waals surface area contributed by atoms with Crippen molar-refractivity contribution < 1.29 is 0 Å². The molecule has 0 rings (SSSR count). The van der Waals surface area contributed by atoms with Crippen LogP contribution in [0, 0.1) is 5.92 Å². The maximum Gasteiger partial charge on any atom is 0.0358 e. The van der Waals surface area contributed by atoms with E-state index in [1.54, 1.807) is 10.8 Å². The fourth-order valence-corrected chi connectivity index (χ4v) is 3.71. The van der Waals surface area contributed by atoms with Crippen molar-refractivity contribution in [1.29, 1.82) is 0 Å². The Balaban J connectivity index is 3.44. The average Bonchev–Trinajstić information content (AvgIpc) is 2.02. The summed E-state index contributed by atoms with van der Waals surface area (Å²) in [6, 6.07) is 0. The molecular weight excluding hydrogens is 255 g/mol. The van der Waals surface area contributed by atoms with Crippen LogP contribution in [0.3, 0.4) is 0 Å². The Labute approximate surface area is 106 Å². The van der Waals surface area contributed by atoms with Crippen molar-refractivity contribution in [1.82, 2.24) is 0 Å². The Morgan fingerprint density at radius 2 is 1.71 bits per heavy atom. The Bertz CT molecular complexity index is 131. The topological polar surface area (TPSA) is 0 Å². The first-order chi connectivity index (χ1) is 6.56. The molecule has 0 aromatic carbocycles. The van der Waals surface area contributed by atoms with E-state index in [0.29, 0.717) is 5.92 Å². The van der Waals surface area contributed by atoms with Gasteiger partial charge in [-0.25, -0.2) is 0 Å². The fourth-order valence-electron chi connectivity index (χ4n) is 1.26. The van der Waals surface area contributed by atoms with E-state index in [-0.39, 0.29) is 10.8 Å². The van der Waals surface area contributed by atoms with Gasteiger partial charge >= 0.3 is 0 Å². The second-order valence-corrected chi connectivity index (χ2v) is 7.76. The number of hydrogen-bond acceptors (Lipinski definition) is 2. The molecule has 0 saturated heterocycles. The normalized spacial score (nSPS) is 15.9. The van der Waals surface area contributed by atoms with Crippen LogP contribution in [0.4, 0.5) is 0 Å². The van der Waals surface area contributed by atoms with Crippen LogP contribution < -0.4 is 0 Å². The fraction of sp³-hybridized carbons (Fsp3) is 1.00. The van der Waals surface area contributed by atoms with Crippen LogP contribution in [0.25, 0.3) is 0 Å². The van der Waals surface area contributed by atoms with Gasteiger partial charge < -0.3 is 0 Å². The molecule has 0 amide bonds. The molecule has 0 saturated carbocycles. The minimum Gasteiger partial charge on any atom is -0.123 e. The summed E-state index contributed by atoms with van der Waals surface area (Å²) < 4.78 is 0. The standard InChI is InChI=1S/C10H20Cl2S2/c1-8(2)6-10(12)7-9(11)4-5-14-13-3/h8-10H,4-7H2,1-3H3. The van der Waals surface area contributed by atoms with Gasteiger partial charge in [-0.05, 0) is 31.4 Å². The minimum atomic E-state index is 0.246. The van der Waals surface area contributed by atoms with E-state index >= 15 is 0 Å². The maximum absolute atomic E-state index is 6.19. The van der Waals surface area contributed by atoms with Crippen LogP contribution in [0.5, 0.6) is 0 Å². The highest BCUT2D eigenvalue weighted by Gasteiger charge is 2.13. The summed E-state index contributed by atoms with van der Waals surface area (Å²) in [5.41, 5.74) is 0. The molecule has 0 radical (unpaired) electrons. The number of rotatable bonds is 8. The number of halogens is 2. The van der Waals surface area contributed by atoms with Crippen LogP contribution in [0.2, 0.25) is 0 Å². The van der Waals surface area contributed by atoms with Crippen molar-refractivity contribution in [2.45, 2.75) is 43.9 Å². The van der Waals surface area contributed by atoms with Gasteiger partial charge in [0.15, 0.2) is 0 Å². The molecule has 2 atom stereocenters. The highest BCUT2D eigenvalue weighted by atomic mass is 35.5. The molecule has 2 unspecified atom stereocenters. The van der Waals surface area contributed by atoms with Gasteiger partial charge in [-0.2, -0.15) is 0 Å². The van der Waals surface area contributed by atoms with E-state index in [2.05, 4.69) is 20.1 Å². The van der Waals surface area contributed by atoms with E-state index in [9.17, 15) is 0 Å². The predicted octanol–water partition coefficient (Wildman–Crippen LogP) is 5.04. The summed E-state index contributed by atoms with van der Waals surface area (Å²) in [6.45, 7) is 4.39. The molecule has 0 N–H and O–H groups in total. The summed E-state index contributed by atoms with van der Waals surface area (Å²) in [5, 5.41) is 0.493. The Hall–Kier alpha value is 1.28. The van der Waals surface area contributed by atoms with Gasteiger partial charge in [0.25, 0.3) is 0 Å². The first-order valence-electron chi connectivity index (χ1n) is 5.00. The minimum absolute atomic E-state index is 0.246. The first-order valence-corrected chi connectivity index (χ1v) is 8.60. The molecule has 0 aromatic heterocycles. The third-order valence-corrected chi connectivity index (χ3v) is 4.47. The average molecular weight is 275 g/mol. The molecule has 0 aliphatic carbocycles. The zero-order chi connectivity index (χ0) is 11.0. The lowest BCUT2D eigenvalue weighted by molar-refractivity contribution is 0.534.